The molecule has 5 nitrogen and oxygen atoms in total. The second-order valence-electron chi connectivity index (χ2n) is 6.34. The Kier molecular flexibility index (Phi) is 6.20. The molecule has 26 heavy (non-hydrogen) atoms. The first kappa shape index (κ1) is 18.4. The first-order chi connectivity index (χ1) is 12.6. The van der Waals surface area contributed by atoms with Gasteiger partial charge in [0.25, 0.3) is 0 Å². The molecule has 2 heterocycles. The third-order valence-corrected chi connectivity index (χ3v) is 5.32. The Bertz CT molecular complexity index is 813. The molecular weight excluding hydrogens is 344 g/mol. The van der Waals surface area contributed by atoms with E-state index >= 15 is 0 Å². The minimum absolute atomic E-state index is 0.0551. The Morgan fingerprint density at radius 1 is 1.27 bits per heavy atom. The van der Waals surface area contributed by atoms with Crippen LogP contribution in [0.4, 0.5) is 0 Å². The quantitative estimate of drug-likeness (QED) is 0.665. The van der Waals surface area contributed by atoms with Crippen molar-refractivity contribution in [1.29, 1.82) is 0 Å². The molecule has 1 N–H and O–H groups in total. The van der Waals surface area contributed by atoms with Gasteiger partial charge in [-0.15, -0.1) is 11.3 Å². The first-order valence-corrected chi connectivity index (χ1v) is 9.61. The fourth-order valence-electron chi connectivity index (χ4n) is 2.70. The number of nitrogens with zero attached hydrogens (tertiary/aromatic N) is 3. The number of para-hydroxylation sites is 1. The number of carbonyl (C=O) groups excluding carboxylic acids is 1. The summed E-state index contributed by atoms with van der Waals surface area (Å²) < 4.78 is 1.86. The number of thiophene rings is 1. The molecule has 1 unspecified atom stereocenters. The molecule has 3 rings (SSSR count). The molecule has 2 aromatic heterocycles. The molecule has 0 aliphatic rings. The van der Waals surface area contributed by atoms with E-state index in [1.54, 1.807) is 11.3 Å². The van der Waals surface area contributed by atoms with Crippen molar-refractivity contribution in [3.63, 3.8) is 0 Å². The number of benzene rings is 1. The van der Waals surface area contributed by atoms with Crippen LogP contribution in [-0.4, -0.2) is 40.2 Å². The number of carbonyl (C=O) groups is 1. The predicted molar refractivity (Wildman–Crippen MR) is 106 cm³/mol. The van der Waals surface area contributed by atoms with Crippen molar-refractivity contribution in [3.8, 4) is 5.69 Å². The predicted octanol–water partition coefficient (Wildman–Crippen LogP) is 3.11. The number of aromatic nitrogens is 2. The van der Waals surface area contributed by atoms with Gasteiger partial charge in [-0.25, -0.2) is 4.68 Å². The Morgan fingerprint density at radius 2 is 2.08 bits per heavy atom. The maximum atomic E-state index is 12.4. The third kappa shape index (κ3) is 4.80. The van der Waals surface area contributed by atoms with Crippen LogP contribution < -0.4 is 5.32 Å². The fraction of sp³-hybridized carbons (Fsp3) is 0.300. The van der Waals surface area contributed by atoms with Crippen LogP contribution in [0.2, 0.25) is 0 Å². The van der Waals surface area contributed by atoms with E-state index in [-0.39, 0.29) is 11.9 Å². The molecule has 1 aromatic carbocycles. The van der Waals surface area contributed by atoms with Gasteiger partial charge in [-0.2, -0.15) is 5.10 Å². The third-order valence-electron chi connectivity index (χ3n) is 4.38. The molecular formula is C20H24N4OS. The second kappa shape index (κ2) is 8.78. The molecule has 0 fully saturated rings. The topological polar surface area (TPSA) is 50.2 Å². The molecule has 0 saturated carbocycles. The normalized spacial score (nSPS) is 12.3. The zero-order valence-corrected chi connectivity index (χ0v) is 15.9. The largest absolute Gasteiger partial charge is 0.354 e. The summed E-state index contributed by atoms with van der Waals surface area (Å²) in [6, 6.07) is 13.9. The number of amides is 1. The van der Waals surface area contributed by atoms with Crippen molar-refractivity contribution < 1.29 is 4.79 Å². The van der Waals surface area contributed by atoms with Crippen molar-refractivity contribution in [3.05, 3.63) is 70.7 Å². The van der Waals surface area contributed by atoms with E-state index in [1.165, 1.54) is 4.88 Å². The average molecular weight is 369 g/mol. The molecule has 0 radical (unpaired) electrons. The molecule has 6 heteroatoms. The monoisotopic (exact) mass is 368 g/mol. The zero-order valence-electron chi connectivity index (χ0n) is 15.1. The van der Waals surface area contributed by atoms with Crippen LogP contribution in [0.15, 0.2) is 60.2 Å². The molecule has 0 spiro atoms. The lowest BCUT2D eigenvalue weighted by molar-refractivity contribution is -0.125. The lowest BCUT2D eigenvalue weighted by Gasteiger charge is -2.23. The Balaban J connectivity index is 1.49. The molecule has 0 bridgehead atoms. The molecule has 3 aromatic rings. The van der Waals surface area contributed by atoms with Crippen LogP contribution in [0.1, 0.15) is 17.4 Å². The second-order valence-corrected chi connectivity index (χ2v) is 7.37. The van der Waals surface area contributed by atoms with Gasteiger partial charge in [-0.3, -0.25) is 9.69 Å². The van der Waals surface area contributed by atoms with E-state index in [4.69, 9.17) is 0 Å². The summed E-state index contributed by atoms with van der Waals surface area (Å²) in [7, 11) is 1.96. The van der Waals surface area contributed by atoms with Crippen molar-refractivity contribution in [2.24, 2.45) is 0 Å². The highest BCUT2D eigenvalue weighted by Gasteiger charge is 2.18. The minimum atomic E-state index is -0.196. The van der Waals surface area contributed by atoms with Gasteiger partial charge in [0.05, 0.1) is 17.9 Å². The van der Waals surface area contributed by atoms with Crippen LogP contribution in [0.25, 0.3) is 5.69 Å². The summed E-state index contributed by atoms with van der Waals surface area (Å²) in [5, 5.41) is 9.49. The number of nitrogens with one attached hydrogen (secondary N) is 1. The lowest BCUT2D eigenvalue weighted by atomic mass is 10.2. The molecule has 1 atom stereocenters. The summed E-state index contributed by atoms with van der Waals surface area (Å²) in [6.07, 6.45) is 4.74. The summed E-state index contributed by atoms with van der Waals surface area (Å²) in [4.78, 5) is 15.7. The van der Waals surface area contributed by atoms with Gasteiger partial charge in [0.2, 0.25) is 5.91 Å². The Hall–Kier alpha value is -2.44. The average Bonchev–Trinajstić information content (AvgIpc) is 3.33. The molecule has 0 aliphatic heterocycles. The van der Waals surface area contributed by atoms with Gasteiger partial charge in [-0.1, -0.05) is 24.3 Å². The van der Waals surface area contributed by atoms with E-state index in [0.717, 1.165) is 17.7 Å². The zero-order chi connectivity index (χ0) is 18.4. The highest BCUT2D eigenvalue weighted by atomic mass is 32.1. The fourth-order valence-corrected chi connectivity index (χ4v) is 3.41. The maximum absolute atomic E-state index is 12.4. The number of likely N-dealkylation sites (N-methyl/N-ethyl adjacent to an activating group) is 1. The van der Waals surface area contributed by atoms with Crippen LogP contribution in [0, 0.1) is 0 Å². The van der Waals surface area contributed by atoms with Crippen molar-refractivity contribution in [2.45, 2.75) is 25.9 Å². The van der Waals surface area contributed by atoms with Gasteiger partial charge in [0, 0.05) is 29.7 Å². The van der Waals surface area contributed by atoms with E-state index in [1.807, 2.05) is 72.3 Å². The van der Waals surface area contributed by atoms with E-state index in [2.05, 4.69) is 21.9 Å². The van der Waals surface area contributed by atoms with Crippen LogP contribution in [0.3, 0.4) is 0 Å². The van der Waals surface area contributed by atoms with E-state index in [0.29, 0.717) is 13.1 Å². The van der Waals surface area contributed by atoms with Gasteiger partial charge < -0.3 is 5.32 Å². The van der Waals surface area contributed by atoms with Crippen LogP contribution in [0.5, 0.6) is 0 Å². The summed E-state index contributed by atoms with van der Waals surface area (Å²) >= 11 is 1.72. The molecule has 0 aliphatic carbocycles. The Labute approximate surface area is 158 Å². The smallest absolute Gasteiger partial charge is 0.237 e. The minimum Gasteiger partial charge on any atom is -0.354 e. The first-order valence-electron chi connectivity index (χ1n) is 8.73. The Morgan fingerprint density at radius 3 is 2.81 bits per heavy atom. The van der Waals surface area contributed by atoms with E-state index in [9.17, 15) is 4.79 Å². The van der Waals surface area contributed by atoms with Crippen molar-refractivity contribution >= 4 is 17.2 Å². The number of hydrogen-bond donors (Lipinski definition) is 1. The van der Waals surface area contributed by atoms with Crippen molar-refractivity contribution in [1.82, 2.24) is 20.0 Å². The maximum Gasteiger partial charge on any atom is 0.237 e. The number of hydrogen-bond acceptors (Lipinski definition) is 4. The van der Waals surface area contributed by atoms with Crippen LogP contribution >= 0.6 is 11.3 Å². The SMILES string of the molecule is CC(C(=O)NCCc1cccs1)N(C)Cc1cnn(-c2ccccc2)c1. The summed E-state index contributed by atoms with van der Waals surface area (Å²) in [5.41, 5.74) is 2.11. The van der Waals surface area contributed by atoms with Crippen molar-refractivity contribution in [2.75, 3.05) is 13.6 Å². The highest BCUT2D eigenvalue weighted by molar-refractivity contribution is 7.09. The molecule has 136 valence electrons. The lowest BCUT2D eigenvalue weighted by Crippen LogP contribution is -2.43. The summed E-state index contributed by atoms with van der Waals surface area (Å²) in [5.74, 6) is 0.0551. The van der Waals surface area contributed by atoms with Gasteiger partial charge >= 0.3 is 0 Å². The van der Waals surface area contributed by atoms with Crippen LogP contribution in [-0.2, 0) is 17.8 Å². The van der Waals surface area contributed by atoms with Gasteiger partial charge in [-0.05, 0) is 44.0 Å². The van der Waals surface area contributed by atoms with E-state index < -0.39 is 0 Å². The standard InChI is InChI=1S/C20H24N4OS/c1-16(20(25)21-11-10-19-9-6-12-26-19)23(2)14-17-13-22-24(15-17)18-7-4-3-5-8-18/h3-9,12-13,15-16H,10-11,14H2,1-2H3,(H,21,25). The molecule has 0 saturated heterocycles. The highest BCUT2D eigenvalue weighted by Crippen LogP contribution is 2.11. The summed E-state index contributed by atoms with van der Waals surface area (Å²) in [6.45, 7) is 3.28. The molecule has 1 amide bonds. The number of rotatable bonds is 8. The van der Waals surface area contributed by atoms with Gasteiger partial charge in [0.15, 0.2) is 0 Å². The van der Waals surface area contributed by atoms with Gasteiger partial charge in [0.1, 0.15) is 0 Å².